The highest BCUT2D eigenvalue weighted by atomic mass is 16.2. The van der Waals surface area contributed by atoms with E-state index in [2.05, 4.69) is 12.2 Å². The maximum absolute atomic E-state index is 11.7. The zero-order chi connectivity index (χ0) is 10.1. The molecule has 0 bridgehead atoms. The molecule has 3 nitrogen and oxygen atoms in total. The van der Waals surface area contributed by atoms with Crippen LogP contribution in [0.15, 0.2) is 0 Å². The number of hydrogen-bond acceptors (Lipinski definition) is 1. The van der Waals surface area contributed by atoms with E-state index in [9.17, 15) is 4.79 Å². The molecule has 3 heteroatoms. The Morgan fingerprint density at radius 2 is 2.08 bits per heavy atom. The fraction of sp³-hybridized carbons (Fsp3) is 0.900. The lowest BCUT2D eigenvalue weighted by atomic mass is 10.1. The first-order chi connectivity index (χ1) is 5.90. The molecule has 1 atom stereocenters. The van der Waals surface area contributed by atoms with Gasteiger partial charge in [0, 0.05) is 18.1 Å². The van der Waals surface area contributed by atoms with Crippen molar-refractivity contribution in [3.05, 3.63) is 0 Å². The van der Waals surface area contributed by atoms with E-state index in [1.807, 2.05) is 25.7 Å². The number of hydrogen-bond donors (Lipinski definition) is 1. The standard InChI is InChI=1S/C10H20N2O/c1-8-6-5-7-12(8)9(13)11-10(2,3)4/h8H,5-7H2,1-4H3,(H,11,13). The molecule has 1 rings (SSSR count). The number of likely N-dealkylation sites (tertiary alicyclic amines) is 1. The molecule has 1 aliphatic heterocycles. The second kappa shape index (κ2) is 3.56. The van der Waals surface area contributed by atoms with Gasteiger partial charge in [0.15, 0.2) is 0 Å². The lowest BCUT2D eigenvalue weighted by Crippen LogP contribution is -2.49. The third kappa shape index (κ3) is 2.90. The molecule has 1 N–H and O–H groups in total. The summed E-state index contributed by atoms with van der Waals surface area (Å²) in [5, 5.41) is 2.98. The highest BCUT2D eigenvalue weighted by Crippen LogP contribution is 2.16. The lowest BCUT2D eigenvalue weighted by molar-refractivity contribution is 0.187. The van der Waals surface area contributed by atoms with Gasteiger partial charge in [-0.2, -0.15) is 0 Å². The summed E-state index contributed by atoms with van der Waals surface area (Å²) in [4.78, 5) is 13.6. The summed E-state index contributed by atoms with van der Waals surface area (Å²) in [5.74, 6) is 0. The van der Waals surface area contributed by atoms with Crippen LogP contribution in [0.5, 0.6) is 0 Å². The SMILES string of the molecule is CC1CCCN1C(=O)NC(C)(C)C. The average Bonchev–Trinajstić information content (AvgIpc) is 2.30. The lowest BCUT2D eigenvalue weighted by Gasteiger charge is -2.28. The molecule has 13 heavy (non-hydrogen) atoms. The van der Waals surface area contributed by atoms with Crippen LogP contribution in [-0.2, 0) is 0 Å². The van der Waals surface area contributed by atoms with E-state index in [1.54, 1.807) is 0 Å². The highest BCUT2D eigenvalue weighted by molar-refractivity contribution is 5.75. The molecule has 0 spiro atoms. The number of urea groups is 1. The first kappa shape index (κ1) is 10.4. The Morgan fingerprint density at radius 1 is 1.46 bits per heavy atom. The van der Waals surface area contributed by atoms with Crippen molar-refractivity contribution in [3.8, 4) is 0 Å². The Kier molecular flexibility index (Phi) is 2.84. The van der Waals surface area contributed by atoms with E-state index in [1.165, 1.54) is 0 Å². The van der Waals surface area contributed by atoms with E-state index in [-0.39, 0.29) is 11.6 Å². The summed E-state index contributed by atoms with van der Waals surface area (Å²) in [6.07, 6.45) is 2.27. The number of nitrogens with one attached hydrogen (secondary N) is 1. The van der Waals surface area contributed by atoms with Crippen LogP contribution >= 0.6 is 0 Å². The molecule has 0 saturated carbocycles. The van der Waals surface area contributed by atoms with Crippen LogP contribution < -0.4 is 5.32 Å². The van der Waals surface area contributed by atoms with Crippen molar-refractivity contribution < 1.29 is 4.79 Å². The number of carbonyl (C=O) groups excluding carboxylic acids is 1. The van der Waals surface area contributed by atoms with Gasteiger partial charge in [0.1, 0.15) is 0 Å². The molecule has 2 amide bonds. The van der Waals surface area contributed by atoms with Crippen molar-refractivity contribution in [1.29, 1.82) is 0 Å². The molecule has 0 radical (unpaired) electrons. The van der Waals surface area contributed by atoms with E-state index < -0.39 is 0 Å². The molecule has 1 saturated heterocycles. The Balaban J connectivity index is 2.48. The first-order valence-corrected chi connectivity index (χ1v) is 4.99. The monoisotopic (exact) mass is 184 g/mol. The predicted octanol–water partition coefficient (Wildman–Crippen LogP) is 1.98. The van der Waals surface area contributed by atoms with Crippen LogP contribution in [0.3, 0.4) is 0 Å². The Morgan fingerprint density at radius 3 is 2.46 bits per heavy atom. The van der Waals surface area contributed by atoms with E-state index >= 15 is 0 Å². The van der Waals surface area contributed by atoms with Crippen LogP contribution in [0.25, 0.3) is 0 Å². The largest absolute Gasteiger partial charge is 0.333 e. The predicted molar refractivity (Wildman–Crippen MR) is 53.7 cm³/mol. The van der Waals surface area contributed by atoms with Crippen molar-refractivity contribution >= 4 is 6.03 Å². The normalized spacial score (nSPS) is 23.4. The Hall–Kier alpha value is -0.730. The zero-order valence-electron chi connectivity index (χ0n) is 9.05. The second-order valence-electron chi connectivity index (χ2n) is 4.86. The van der Waals surface area contributed by atoms with Gasteiger partial charge >= 0.3 is 6.03 Å². The zero-order valence-corrected chi connectivity index (χ0v) is 9.05. The van der Waals surface area contributed by atoms with Crippen LogP contribution in [0.2, 0.25) is 0 Å². The average molecular weight is 184 g/mol. The van der Waals surface area contributed by atoms with Crippen LogP contribution in [0.4, 0.5) is 4.79 Å². The van der Waals surface area contributed by atoms with Gasteiger partial charge in [-0.25, -0.2) is 4.79 Å². The Labute approximate surface area is 80.5 Å². The second-order valence-corrected chi connectivity index (χ2v) is 4.86. The minimum absolute atomic E-state index is 0.0810. The van der Waals surface area contributed by atoms with Gasteiger partial charge < -0.3 is 10.2 Å². The summed E-state index contributed by atoms with van der Waals surface area (Å²) in [6, 6.07) is 0.486. The molecule has 0 aromatic heterocycles. The van der Waals surface area contributed by atoms with Crippen molar-refractivity contribution in [2.24, 2.45) is 0 Å². The molecule has 0 aromatic rings. The molecule has 0 aromatic carbocycles. The van der Waals surface area contributed by atoms with Gasteiger partial charge in [-0.05, 0) is 40.5 Å². The van der Waals surface area contributed by atoms with Crippen molar-refractivity contribution in [1.82, 2.24) is 10.2 Å². The molecule has 1 heterocycles. The van der Waals surface area contributed by atoms with Gasteiger partial charge in [-0.15, -0.1) is 0 Å². The first-order valence-electron chi connectivity index (χ1n) is 4.99. The fourth-order valence-electron chi connectivity index (χ4n) is 1.63. The quantitative estimate of drug-likeness (QED) is 0.613. The fourth-order valence-corrected chi connectivity index (χ4v) is 1.63. The molecule has 1 unspecified atom stereocenters. The third-order valence-corrected chi connectivity index (χ3v) is 2.30. The summed E-state index contributed by atoms with van der Waals surface area (Å²) in [5.41, 5.74) is -0.126. The highest BCUT2D eigenvalue weighted by Gasteiger charge is 2.27. The smallest absolute Gasteiger partial charge is 0.318 e. The van der Waals surface area contributed by atoms with Gasteiger partial charge in [0.2, 0.25) is 0 Å². The van der Waals surface area contributed by atoms with Crippen LogP contribution in [-0.4, -0.2) is 29.1 Å². The van der Waals surface area contributed by atoms with E-state index in [0.717, 1.165) is 19.4 Å². The molecule has 1 fully saturated rings. The van der Waals surface area contributed by atoms with Crippen LogP contribution in [0, 0.1) is 0 Å². The van der Waals surface area contributed by atoms with E-state index in [4.69, 9.17) is 0 Å². The van der Waals surface area contributed by atoms with Crippen molar-refractivity contribution in [3.63, 3.8) is 0 Å². The summed E-state index contributed by atoms with van der Waals surface area (Å²) in [6.45, 7) is 9.03. The summed E-state index contributed by atoms with van der Waals surface area (Å²) < 4.78 is 0. The minimum atomic E-state index is -0.126. The maximum atomic E-state index is 11.7. The van der Waals surface area contributed by atoms with Gasteiger partial charge in [-0.1, -0.05) is 0 Å². The number of carbonyl (C=O) groups is 1. The van der Waals surface area contributed by atoms with E-state index in [0.29, 0.717) is 6.04 Å². The molecular formula is C10H20N2O. The summed E-state index contributed by atoms with van der Waals surface area (Å²) in [7, 11) is 0. The Bertz CT molecular complexity index is 196. The number of amides is 2. The van der Waals surface area contributed by atoms with Gasteiger partial charge in [0.05, 0.1) is 0 Å². The topological polar surface area (TPSA) is 32.3 Å². The minimum Gasteiger partial charge on any atom is -0.333 e. The van der Waals surface area contributed by atoms with Crippen LogP contribution in [0.1, 0.15) is 40.5 Å². The van der Waals surface area contributed by atoms with Crippen molar-refractivity contribution in [2.75, 3.05) is 6.54 Å². The molecule has 1 aliphatic rings. The number of rotatable bonds is 0. The van der Waals surface area contributed by atoms with Gasteiger partial charge in [-0.3, -0.25) is 0 Å². The maximum Gasteiger partial charge on any atom is 0.318 e. The van der Waals surface area contributed by atoms with Crippen molar-refractivity contribution in [2.45, 2.75) is 52.1 Å². The molecular weight excluding hydrogens is 164 g/mol. The molecule has 76 valence electrons. The summed E-state index contributed by atoms with van der Waals surface area (Å²) >= 11 is 0. The molecule has 0 aliphatic carbocycles. The third-order valence-electron chi connectivity index (χ3n) is 2.30. The van der Waals surface area contributed by atoms with Gasteiger partial charge in [0.25, 0.3) is 0 Å². The number of nitrogens with zero attached hydrogens (tertiary/aromatic N) is 1.